The molecule has 0 saturated heterocycles. The Morgan fingerprint density at radius 3 is 2.24 bits per heavy atom. The molecule has 0 spiro atoms. The maximum Gasteiger partial charge on any atom is 0.416 e. The van der Waals surface area contributed by atoms with Gasteiger partial charge in [0.15, 0.2) is 0 Å². The highest BCUT2D eigenvalue weighted by atomic mass is 32.2. The van der Waals surface area contributed by atoms with Crippen molar-refractivity contribution in [3.05, 3.63) is 66.0 Å². The first-order valence-corrected chi connectivity index (χ1v) is 12.7. The van der Waals surface area contributed by atoms with Crippen LogP contribution in [0.5, 0.6) is 0 Å². The quantitative estimate of drug-likeness (QED) is 0.228. The van der Waals surface area contributed by atoms with Gasteiger partial charge >= 0.3 is 6.18 Å². The van der Waals surface area contributed by atoms with Crippen LogP contribution in [0.2, 0.25) is 0 Å². The summed E-state index contributed by atoms with van der Waals surface area (Å²) in [5.41, 5.74) is 1.31. The van der Waals surface area contributed by atoms with E-state index in [-0.39, 0.29) is 11.9 Å². The van der Waals surface area contributed by atoms with Gasteiger partial charge in [0.05, 0.1) is 5.56 Å². The Bertz CT molecular complexity index is 1030. The monoisotopic (exact) mass is 482 g/mol. The number of nitrogens with zero attached hydrogens (tertiary/aromatic N) is 1. The van der Waals surface area contributed by atoms with Gasteiger partial charge in [-0.2, -0.15) is 22.4 Å². The fraction of sp³-hybridized carbons (Fsp3) is 0.423. The summed E-state index contributed by atoms with van der Waals surface area (Å²) in [6, 6.07) is 5.37. The minimum Gasteiger partial charge on any atom is -0.352 e. The molecule has 1 rings (SSSR count). The van der Waals surface area contributed by atoms with Crippen LogP contribution in [0.3, 0.4) is 0 Å². The van der Waals surface area contributed by atoms with Gasteiger partial charge in [-0.05, 0) is 69.0 Å². The maximum absolute atomic E-state index is 13.2. The van der Waals surface area contributed by atoms with Gasteiger partial charge in [0.2, 0.25) is 5.91 Å². The first kappa shape index (κ1) is 28.6. The van der Waals surface area contributed by atoms with Crippen LogP contribution in [-0.4, -0.2) is 39.9 Å². The van der Waals surface area contributed by atoms with Gasteiger partial charge in [-0.25, -0.2) is 0 Å². The molecule has 1 aromatic carbocycles. The lowest BCUT2D eigenvalue weighted by Crippen LogP contribution is -2.32. The molecule has 0 atom stereocenters. The Morgan fingerprint density at radius 1 is 1.18 bits per heavy atom. The number of hydrogen-bond acceptors (Lipinski definition) is 2. The molecular weight excluding hydrogens is 445 g/mol. The van der Waals surface area contributed by atoms with E-state index >= 15 is 0 Å². The first-order chi connectivity index (χ1) is 15.0. The van der Waals surface area contributed by atoms with Crippen molar-refractivity contribution in [2.75, 3.05) is 6.54 Å². The number of alkyl halides is 3. The number of rotatable bonds is 10. The second-order valence-electron chi connectivity index (χ2n) is 9.06. The summed E-state index contributed by atoms with van der Waals surface area (Å²) in [6.07, 6.45) is -2.23. The van der Waals surface area contributed by atoms with Crippen LogP contribution in [0.15, 0.2) is 65.4 Å². The van der Waals surface area contributed by atoms with E-state index in [1.165, 1.54) is 6.07 Å². The third-order valence-electron chi connectivity index (χ3n) is 6.08. The van der Waals surface area contributed by atoms with Gasteiger partial charge < -0.3 is 10.2 Å². The normalized spacial score (nSPS) is 13.4. The van der Waals surface area contributed by atoms with Crippen molar-refractivity contribution in [3.8, 4) is 0 Å². The van der Waals surface area contributed by atoms with Gasteiger partial charge in [0.1, 0.15) is 0 Å². The van der Waals surface area contributed by atoms with Gasteiger partial charge in [-0.15, -0.1) is 0 Å². The zero-order valence-corrected chi connectivity index (χ0v) is 21.4. The van der Waals surface area contributed by atoms with Crippen molar-refractivity contribution < 1.29 is 18.0 Å². The fourth-order valence-corrected chi connectivity index (χ4v) is 5.08. The van der Waals surface area contributed by atoms with Crippen LogP contribution in [0.4, 0.5) is 13.2 Å². The molecule has 0 aliphatic carbocycles. The zero-order valence-electron chi connectivity index (χ0n) is 20.6. The Hall–Kier alpha value is -2.41. The Balaban J connectivity index is 2.97. The molecule has 1 amide bonds. The summed E-state index contributed by atoms with van der Waals surface area (Å²) >= 11 is 0. The number of carbonyl (C=O) groups excluding carboxylic acids is 1. The van der Waals surface area contributed by atoms with Crippen LogP contribution in [0.1, 0.15) is 53.5 Å². The lowest BCUT2D eigenvalue weighted by atomic mass is 10.1. The molecule has 1 N–H and O–H groups in total. The molecule has 0 heterocycles. The largest absolute Gasteiger partial charge is 0.416 e. The fourth-order valence-electron chi connectivity index (χ4n) is 3.25. The molecule has 0 aromatic heterocycles. The van der Waals surface area contributed by atoms with Gasteiger partial charge in [-0.1, -0.05) is 44.8 Å². The number of benzene rings is 1. The molecule has 1 aromatic rings. The number of halogens is 3. The van der Waals surface area contributed by atoms with Crippen molar-refractivity contribution in [3.63, 3.8) is 0 Å². The van der Waals surface area contributed by atoms with E-state index in [9.17, 15) is 18.0 Å². The van der Waals surface area contributed by atoms with Crippen LogP contribution in [0.25, 0.3) is 0 Å². The molecule has 0 aliphatic rings. The number of allylic oxidation sites excluding steroid dienone is 1. The number of amides is 1. The summed E-state index contributed by atoms with van der Waals surface area (Å²) in [5, 5.41) is 2.92. The number of nitrogens with one attached hydrogen (secondary N) is 1. The summed E-state index contributed by atoms with van der Waals surface area (Å²) in [5.74, 6) is 8.22. The van der Waals surface area contributed by atoms with E-state index in [0.29, 0.717) is 29.1 Å². The average molecular weight is 483 g/mol. The van der Waals surface area contributed by atoms with E-state index < -0.39 is 25.7 Å². The van der Waals surface area contributed by atoms with Gasteiger partial charge in [0.25, 0.3) is 0 Å². The minimum atomic E-state index is -4.42. The standard InChI is InChI=1S/C26H37F3N2OS/c1-11-31(18(2)3)21(6)19(4)20(5)24(32)30-16-15-25(7,8)33(9,10)23-14-12-13-22(17-23)26(27,28)29/h11-14,17-18H,1,6,9-10,15-16H2,2-5,7-8H3,(H,30,32)/b20-19+. The SMILES string of the molecule is C=CN(C(=C)/C(C)=C(\C)C(=O)NCCC(C)(C)S(=C)(=C)c1cccc(C(F)(F)F)c1)C(C)C. The van der Waals surface area contributed by atoms with Crippen molar-refractivity contribution in [1.29, 1.82) is 0 Å². The molecule has 0 unspecified atom stereocenters. The Morgan fingerprint density at radius 2 is 1.76 bits per heavy atom. The number of carbonyl (C=O) groups is 1. The van der Waals surface area contributed by atoms with Crippen molar-refractivity contribution >= 4 is 26.9 Å². The lowest BCUT2D eigenvalue weighted by Gasteiger charge is -2.35. The van der Waals surface area contributed by atoms with Crippen LogP contribution in [-0.2, 0) is 11.0 Å². The summed E-state index contributed by atoms with van der Waals surface area (Å²) in [4.78, 5) is 15.1. The molecule has 7 heteroatoms. The van der Waals surface area contributed by atoms with Crippen molar-refractivity contribution in [2.45, 2.75) is 69.8 Å². The predicted octanol–water partition coefficient (Wildman–Crippen LogP) is 6.72. The molecule has 184 valence electrons. The molecular formula is C26H37F3N2OS. The molecule has 0 fully saturated rings. The van der Waals surface area contributed by atoms with Gasteiger partial charge in [0, 0.05) is 28.6 Å². The lowest BCUT2D eigenvalue weighted by molar-refractivity contribution is -0.137. The molecule has 33 heavy (non-hydrogen) atoms. The highest BCUT2D eigenvalue weighted by Crippen LogP contribution is 2.47. The summed E-state index contributed by atoms with van der Waals surface area (Å²) < 4.78 is 39.0. The molecule has 0 radical (unpaired) electrons. The molecule has 3 nitrogen and oxygen atoms in total. The van der Waals surface area contributed by atoms with Gasteiger partial charge in [-0.3, -0.25) is 4.79 Å². The predicted molar refractivity (Wildman–Crippen MR) is 138 cm³/mol. The average Bonchev–Trinajstić information content (AvgIpc) is 2.71. The third kappa shape index (κ3) is 6.79. The van der Waals surface area contributed by atoms with E-state index in [1.807, 2.05) is 39.5 Å². The second kappa shape index (κ2) is 10.7. The van der Waals surface area contributed by atoms with Crippen LogP contribution >= 0.6 is 9.21 Å². The summed E-state index contributed by atoms with van der Waals surface area (Å²) in [7, 11) is -2.09. The maximum atomic E-state index is 13.2. The Labute approximate surface area is 197 Å². The highest BCUT2D eigenvalue weighted by molar-refractivity contribution is 8.28. The zero-order chi connectivity index (χ0) is 25.8. The van der Waals surface area contributed by atoms with E-state index in [2.05, 4.69) is 30.2 Å². The highest BCUT2D eigenvalue weighted by Gasteiger charge is 2.32. The topological polar surface area (TPSA) is 32.3 Å². The Kier molecular flexibility index (Phi) is 9.26. The third-order valence-corrected chi connectivity index (χ3v) is 9.56. The molecule has 0 aliphatic heterocycles. The number of hydrogen-bond donors (Lipinski definition) is 1. The van der Waals surface area contributed by atoms with E-state index in [0.717, 1.165) is 17.7 Å². The van der Waals surface area contributed by atoms with Crippen LogP contribution in [0, 0.1) is 0 Å². The summed E-state index contributed by atoms with van der Waals surface area (Å²) in [6.45, 7) is 19.7. The van der Waals surface area contributed by atoms with Crippen LogP contribution < -0.4 is 5.32 Å². The van der Waals surface area contributed by atoms with E-state index in [1.54, 1.807) is 19.2 Å². The molecule has 0 bridgehead atoms. The second-order valence-corrected chi connectivity index (χ2v) is 12.4. The minimum absolute atomic E-state index is 0.155. The smallest absolute Gasteiger partial charge is 0.352 e. The van der Waals surface area contributed by atoms with Crippen molar-refractivity contribution in [2.24, 2.45) is 0 Å². The molecule has 0 saturated carbocycles. The van der Waals surface area contributed by atoms with E-state index in [4.69, 9.17) is 0 Å². The first-order valence-electron chi connectivity index (χ1n) is 10.7. The van der Waals surface area contributed by atoms with Crippen molar-refractivity contribution in [1.82, 2.24) is 10.2 Å².